The smallest absolute Gasteiger partial charge is 0.286 e. The van der Waals surface area contributed by atoms with Gasteiger partial charge in [-0.3, -0.25) is 14.6 Å². The van der Waals surface area contributed by atoms with Crippen molar-refractivity contribution >= 4 is 28.4 Å². The fourth-order valence-corrected chi connectivity index (χ4v) is 2.36. The van der Waals surface area contributed by atoms with Crippen molar-refractivity contribution in [3.63, 3.8) is 0 Å². The van der Waals surface area contributed by atoms with Gasteiger partial charge in [0.15, 0.2) is 5.76 Å². The van der Waals surface area contributed by atoms with E-state index in [1.807, 2.05) is 30.3 Å². The maximum atomic E-state index is 12.1. The van der Waals surface area contributed by atoms with Gasteiger partial charge in [-0.2, -0.15) is 0 Å². The fraction of sp³-hybridized carbons (Fsp3) is 0.167. The summed E-state index contributed by atoms with van der Waals surface area (Å²) in [5, 5.41) is 6.55. The molecule has 0 unspecified atom stereocenters. The van der Waals surface area contributed by atoms with Gasteiger partial charge in [0, 0.05) is 24.5 Å². The summed E-state index contributed by atoms with van der Waals surface area (Å²) in [5.74, 6) is -0.125. The first-order valence-corrected chi connectivity index (χ1v) is 7.69. The first kappa shape index (κ1) is 15.7. The molecule has 3 rings (SSSR count). The van der Waals surface area contributed by atoms with Crippen molar-refractivity contribution in [3.05, 3.63) is 60.7 Å². The Labute approximate surface area is 138 Å². The molecule has 0 bridgehead atoms. The summed E-state index contributed by atoms with van der Waals surface area (Å²) in [6, 6.07) is 12.7. The lowest BCUT2D eigenvalue weighted by Crippen LogP contribution is -2.25. The van der Waals surface area contributed by atoms with Crippen LogP contribution >= 0.6 is 0 Å². The molecule has 0 aliphatic carbocycles. The molecule has 0 atom stereocenters. The molecule has 0 aliphatic rings. The van der Waals surface area contributed by atoms with Crippen LogP contribution in [0.25, 0.3) is 10.9 Å². The fourth-order valence-electron chi connectivity index (χ4n) is 2.36. The van der Waals surface area contributed by atoms with Crippen molar-refractivity contribution in [2.24, 2.45) is 0 Å². The van der Waals surface area contributed by atoms with E-state index in [2.05, 4.69) is 15.6 Å². The molecule has 3 aromatic rings. The van der Waals surface area contributed by atoms with Crippen LogP contribution in [0, 0.1) is 0 Å². The number of carbonyl (C=O) groups is 2. The second-order valence-electron chi connectivity index (χ2n) is 5.27. The van der Waals surface area contributed by atoms with Crippen LogP contribution in [0.2, 0.25) is 0 Å². The van der Waals surface area contributed by atoms with Gasteiger partial charge in [0.25, 0.3) is 5.91 Å². The number of benzene rings is 1. The Morgan fingerprint density at radius 3 is 2.79 bits per heavy atom. The average molecular weight is 323 g/mol. The Hall–Kier alpha value is -3.15. The summed E-state index contributed by atoms with van der Waals surface area (Å²) in [4.78, 5) is 28.0. The third kappa shape index (κ3) is 3.78. The predicted octanol–water partition coefficient (Wildman–Crippen LogP) is 2.98. The number of hydrogen-bond acceptors (Lipinski definition) is 4. The molecule has 0 spiro atoms. The van der Waals surface area contributed by atoms with Crippen molar-refractivity contribution in [1.29, 1.82) is 0 Å². The van der Waals surface area contributed by atoms with Crippen LogP contribution in [0.3, 0.4) is 0 Å². The lowest BCUT2D eigenvalue weighted by molar-refractivity contribution is -0.116. The van der Waals surface area contributed by atoms with Crippen molar-refractivity contribution in [1.82, 2.24) is 10.3 Å². The van der Waals surface area contributed by atoms with Crippen LogP contribution in [0.5, 0.6) is 0 Å². The lowest BCUT2D eigenvalue weighted by Gasteiger charge is -2.08. The van der Waals surface area contributed by atoms with Gasteiger partial charge in [-0.1, -0.05) is 18.2 Å². The van der Waals surface area contributed by atoms with Gasteiger partial charge >= 0.3 is 0 Å². The highest BCUT2D eigenvalue weighted by molar-refractivity contribution is 6.00. The van der Waals surface area contributed by atoms with Crippen LogP contribution in [0.15, 0.2) is 59.3 Å². The van der Waals surface area contributed by atoms with Gasteiger partial charge in [-0.25, -0.2) is 0 Å². The summed E-state index contributed by atoms with van der Waals surface area (Å²) < 4.78 is 5.00. The molecule has 24 heavy (non-hydrogen) atoms. The van der Waals surface area contributed by atoms with Gasteiger partial charge in [-0.05, 0) is 30.7 Å². The maximum absolute atomic E-state index is 12.1. The van der Waals surface area contributed by atoms with E-state index in [1.54, 1.807) is 18.3 Å². The monoisotopic (exact) mass is 323 g/mol. The number of aromatic nitrogens is 1. The zero-order valence-electron chi connectivity index (χ0n) is 13.0. The standard InChI is InChI=1S/C18H17N3O3/c22-16(9-3-11-20-18(23)15-8-4-12-24-15)21-14-7-1-5-13-6-2-10-19-17(13)14/h1-2,4-8,10,12H,3,9,11H2,(H,20,23)(H,21,22). The Kier molecular flexibility index (Phi) is 4.86. The van der Waals surface area contributed by atoms with E-state index in [9.17, 15) is 9.59 Å². The Morgan fingerprint density at radius 2 is 1.96 bits per heavy atom. The minimum Gasteiger partial charge on any atom is -0.459 e. The Morgan fingerprint density at radius 1 is 1.08 bits per heavy atom. The molecule has 2 aromatic heterocycles. The number of nitrogens with zero attached hydrogens (tertiary/aromatic N) is 1. The summed E-state index contributed by atoms with van der Waals surface area (Å²) in [6.45, 7) is 0.404. The van der Waals surface area contributed by atoms with Gasteiger partial charge in [-0.15, -0.1) is 0 Å². The molecule has 0 saturated heterocycles. The summed E-state index contributed by atoms with van der Waals surface area (Å²) >= 11 is 0. The van der Waals surface area contributed by atoms with Crippen molar-refractivity contribution in [3.8, 4) is 0 Å². The number of hydrogen-bond donors (Lipinski definition) is 2. The van der Waals surface area contributed by atoms with E-state index < -0.39 is 0 Å². The third-order valence-electron chi connectivity index (χ3n) is 3.52. The molecular formula is C18H17N3O3. The highest BCUT2D eigenvalue weighted by atomic mass is 16.3. The van der Waals surface area contributed by atoms with Crippen LogP contribution in [0.1, 0.15) is 23.4 Å². The molecule has 6 nitrogen and oxygen atoms in total. The van der Waals surface area contributed by atoms with Crippen LogP contribution < -0.4 is 10.6 Å². The van der Waals surface area contributed by atoms with Crippen molar-refractivity contribution in [2.45, 2.75) is 12.8 Å². The largest absolute Gasteiger partial charge is 0.459 e. The average Bonchev–Trinajstić information content (AvgIpc) is 3.14. The number of fused-ring (bicyclic) bond motifs is 1. The molecule has 2 heterocycles. The molecule has 0 aliphatic heterocycles. The minimum absolute atomic E-state index is 0.111. The first-order valence-electron chi connectivity index (χ1n) is 7.69. The van der Waals surface area contributed by atoms with Crippen LogP contribution in [0.4, 0.5) is 5.69 Å². The number of anilines is 1. The molecular weight excluding hydrogens is 306 g/mol. The zero-order chi connectivity index (χ0) is 16.8. The van der Waals surface area contributed by atoms with E-state index in [0.717, 1.165) is 10.9 Å². The van der Waals surface area contributed by atoms with E-state index in [0.29, 0.717) is 25.1 Å². The second-order valence-corrected chi connectivity index (χ2v) is 5.27. The first-order chi connectivity index (χ1) is 11.7. The normalized spacial score (nSPS) is 10.5. The SMILES string of the molecule is O=C(CCCNC(=O)c1ccco1)Nc1cccc2cccnc12. The Bertz CT molecular complexity index is 838. The number of para-hydroxylation sites is 1. The molecule has 0 radical (unpaired) electrons. The highest BCUT2D eigenvalue weighted by Gasteiger charge is 2.09. The number of carbonyl (C=O) groups excluding carboxylic acids is 2. The minimum atomic E-state index is -0.279. The molecule has 6 heteroatoms. The Balaban J connectivity index is 1.48. The van der Waals surface area contributed by atoms with Crippen LogP contribution in [-0.4, -0.2) is 23.3 Å². The van der Waals surface area contributed by atoms with E-state index >= 15 is 0 Å². The summed E-state index contributed by atoms with van der Waals surface area (Å²) in [6.07, 6.45) is 3.99. The molecule has 2 N–H and O–H groups in total. The quantitative estimate of drug-likeness (QED) is 0.683. The zero-order valence-corrected chi connectivity index (χ0v) is 13.0. The molecule has 2 amide bonds. The van der Waals surface area contributed by atoms with Gasteiger partial charge < -0.3 is 15.1 Å². The summed E-state index contributed by atoms with van der Waals surface area (Å²) in [5.41, 5.74) is 1.46. The predicted molar refractivity (Wildman–Crippen MR) is 90.6 cm³/mol. The number of amides is 2. The van der Waals surface area contributed by atoms with Crippen LogP contribution in [-0.2, 0) is 4.79 Å². The molecule has 0 saturated carbocycles. The van der Waals surface area contributed by atoms with E-state index in [1.165, 1.54) is 6.26 Å². The van der Waals surface area contributed by atoms with Gasteiger partial charge in [0.1, 0.15) is 0 Å². The number of furan rings is 1. The molecule has 122 valence electrons. The topological polar surface area (TPSA) is 84.2 Å². The number of pyridine rings is 1. The van der Waals surface area contributed by atoms with Crippen molar-refractivity contribution in [2.75, 3.05) is 11.9 Å². The van der Waals surface area contributed by atoms with E-state index in [4.69, 9.17) is 4.42 Å². The number of rotatable bonds is 6. The van der Waals surface area contributed by atoms with Crippen molar-refractivity contribution < 1.29 is 14.0 Å². The van der Waals surface area contributed by atoms with E-state index in [-0.39, 0.29) is 17.6 Å². The third-order valence-corrected chi connectivity index (χ3v) is 3.52. The van der Waals surface area contributed by atoms with Gasteiger partial charge in [0.05, 0.1) is 17.5 Å². The summed E-state index contributed by atoms with van der Waals surface area (Å²) in [7, 11) is 0. The lowest BCUT2D eigenvalue weighted by atomic mass is 10.2. The van der Waals surface area contributed by atoms with Gasteiger partial charge in [0.2, 0.25) is 5.91 Å². The second kappa shape index (κ2) is 7.41. The molecule has 0 fully saturated rings. The maximum Gasteiger partial charge on any atom is 0.286 e. The highest BCUT2D eigenvalue weighted by Crippen LogP contribution is 2.20. The molecule has 1 aromatic carbocycles. The number of nitrogens with one attached hydrogen (secondary N) is 2.